The van der Waals surface area contributed by atoms with Gasteiger partial charge in [0, 0.05) is 0 Å². The zero-order valence-electron chi connectivity index (χ0n) is 10.5. The smallest absolute Gasteiger partial charge is 0.318 e. The van der Waals surface area contributed by atoms with E-state index >= 15 is 0 Å². The molecule has 0 aliphatic carbocycles. The molecule has 2 rings (SSSR count). The van der Waals surface area contributed by atoms with Gasteiger partial charge in [0.25, 0.3) is 0 Å². The van der Waals surface area contributed by atoms with Crippen molar-refractivity contribution >= 4 is 5.82 Å². The number of rotatable bonds is 5. The van der Waals surface area contributed by atoms with Crippen LogP contribution in [0.4, 0.5) is 10.2 Å². The fourth-order valence-corrected chi connectivity index (χ4v) is 1.50. The summed E-state index contributed by atoms with van der Waals surface area (Å²) in [5.74, 6) is -0.598. The quantitative estimate of drug-likeness (QED) is 0.904. The molecular formula is C14H11FN4O. The van der Waals surface area contributed by atoms with Crippen LogP contribution in [0.5, 0.6) is 6.01 Å². The Morgan fingerprint density at radius 2 is 2.35 bits per heavy atom. The topological polar surface area (TPSA) is 70.8 Å². The Balaban J connectivity index is 2.08. The van der Waals surface area contributed by atoms with Gasteiger partial charge in [-0.3, -0.25) is 0 Å². The van der Waals surface area contributed by atoms with Crippen molar-refractivity contribution in [1.82, 2.24) is 9.97 Å². The highest BCUT2D eigenvalue weighted by Crippen LogP contribution is 2.14. The van der Waals surface area contributed by atoms with E-state index in [4.69, 9.17) is 10.00 Å². The lowest BCUT2D eigenvalue weighted by molar-refractivity contribution is 0.280. The molecule has 1 N–H and O–H groups in total. The molecular weight excluding hydrogens is 259 g/mol. The Bertz CT molecular complexity index is 666. The first-order valence-corrected chi connectivity index (χ1v) is 5.74. The van der Waals surface area contributed by atoms with Gasteiger partial charge in [0.1, 0.15) is 6.61 Å². The lowest BCUT2D eigenvalue weighted by Gasteiger charge is -2.06. The number of hydrogen-bond acceptors (Lipinski definition) is 5. The van der Waals surface area contributed by atoms with Gasteiger partial charge in [-0.05, 0) is 23.9 Å². The molecule has 20 heavy (non-hydrogen) atoms. The van der Waals surface area contributed by atoms with Gasteiger partial charge in [-0.25, -0.2) is 9.37 Å². The van der Waals surface area contributed by atoms with E-state index in [0.717, 1.165) is 11.8 Å². The van der Waals surface area contributed by atoms with Gasteiger partial charge in [0.05, 0.1) is 17.8 Å². The summed E-state index contributed by atoms with van der Waals surface area (Å²) >= 11 is 0. The first-order valence-electron chi connectivity index (χ1n) is 5.74. The van der Waals surface area contributed by atoms with Gasteiger partial charge >= 0.3 is 6.01 Å². The average molecular weight is 270 g/mol. The van der Waals surface area contributed by atoms with E-state index in [9.17, 15) is 4.39 Å². The molecule has 0 saturated heterocycles. The highest BCUT2D eigenvalue weighted by Gasteiger charge is 2.06. The van der Waals surface area contributed by atoms with Gasteiger partial charge < -0.3 is 10.1 Å². The zero-order chi connectivity index (χ0) is 14.4. The molecule has 0 saturated carbocycles. The summed E-state index contributed by atoms with van der Waals surface area (Å²) < 4.78 is 18.7. The summed E-state index contributed by atoms with van der Waals surface area (Å²) in [4.78, 5) is 7.60. The van der Waals surface area contributed by atoms with Crippen molar-refractivity contribution in [3.63, 3.8) is 0 Å². The van der Waals surface area contributed by atoms with E-state index in [2.05, 4.69) is 21.9 Å². The van der Waals surface area contributed by atoms with E-state index in [1.165, 1.54) is 6.20 Å². The van der Waals surface area contributed by atoms with Crippen molar-refractivity contribution in [2.75, 3.05) is 5.32 Å². The van der Waals surface area contributed by atoms with Crippen molar-refractivity contribution in [3.05, 3.63) is 60.2 Å². The lowest BCUT2D eigenvalue weighted by Crippen LogP contribution is -2.03. The molecule has 0 amide bonds. The largest absolute Gasteiger partial charge is 0.459 e. The van der Waals surface area contributed by atoms with Crippen LogP contribution >= 0.6 is 0 Å². The molecule has 100 valence electrons. The van der Waals surface area contributed by atoms with Crippen LogP contribution in [0.25, 0.3) is 0 Å². The standard InChI is InChI=1S/C14H11FN4O/c1-2-17-13-12(15)8-18-14(19-13)20-9-11-5-3-4-10(6-11)7-16/h2-6,8H,1,9H2,(H,17,18,19). The third-order valence-electron chi connectivity index (χ3n) is 2.38. The molecule has 0 aliphatic rings. The number of aromatic nitrogens is 2. The van der Waals surface area contributed by atoms with Gasteiger partial charge in [-0.1, -0.05) is 18.7 Å². The predicted molar refractivity (Wildman–Crippen MR) is 71.3 cm³/mol. The first-order chi connectivity index (χ1) is 9.72. The fraction of sp³-hybridized carbons (Fsp3) is 0.0714. The zero-order valence-corrected chi connectivity index (χ0v) is 10.5. The minimum absolute atomic E-state index is 0.00391. The maximum absolute atomic E-state index is 13.3. The summed E-state index contributed by atoms with van der Waals surface area (Å²) in [6.45, 7) is 3.62. The number of benzene rings is 1. The molecule has 0 fully saturated rings. The second-order valence-electron chi connectivity index (χ2n) is 3.80. The number of nitriles is 1. The Morgan fingerprint density at radius 3 is 3.10 bits per heavy atom. The third-order valence-corrected chi connectivity index (χ3v) is 2.38. The van der Waals surface area contributed by atoms with E-state index in [1.807, 2.05) is 12.1 Å². The van der Waals surface area contributed by atoms with E-state index in [0.29, 0.717) is 5.56 Å². The summed E-state index contributed by atoms with van der Waals surface area (Å²) in [5, 5.41) is 11.3. The van der Waals surface area contributed by atoms with Crippen LogP contribution in [0.15, 0.2) is 43.2 Å². The normalized spacial score (nSPS) is 9.60. The van der Waals surface area contributed by atoms with Crippen LogP contribution in [0, 0.1) is 17.1 Å². The molecule has 0 aliphatic heterocycles. The van der Waals surface area contributed by atoms with Crippen LogP contribution in [-0.4, -0.2) is 9.97 Å². The highest BCUT2D eigenvalue weighted by atomic mass is 19.1. The minimum Gasteiger partial charge on any atom is -0.459 e. The first kappa shape index (κ1) is 13.5. The van der Waals surface area contributed by atoms with Crippen molar-refractivity contribution in [3.8, 4) is 12.1 Å². The molecule has 1 aromatic heterocycles. The number of anilines is 1. The predicted octanol–water partition coefficient (Wildman–Crippen LogP) is 2.62. The minimum atomic E-state index is -0.594. The molecule has 0 unspecified atom stereocenters. The molecule has 1 aromatic carbocycles. The molecule has 0 atom stereocenters. The second-order valence-corrected chi connectivity index (χ2v) is 3.80. The maximum atomic E-state index is 13.3. The highest BCUT2D eigenvalue weighted by molar-refractivity contribution is 5.38. The third kappa shape index (κ3) is 3.29. The Hall–Kier alpha value is -2.94. The van der Waals surface area contributed by atoms with Crippen LogP contribution in [0.3, 0.4) is 0 Å². The SMILES string of the molecule is C=CNc1nc(OCc2cccc(C#N)c2)ncc1F. The van der Waals surface area contributed by atoms with Crippen molar-refractivity contribution < 1.29 is 9.13 Å². The lowest BCUT2D eigenvalue weighted by atomic mass is 10.1. The van der Waals surface area contributed by atoms with Crippen molar-refractivity contribution in [1.29, 1.82) is 5.26 Å². The fourth-order valence-electron chi connectivity index (χ4n) is 1.50. The number of ether oxygens (including phenoxy) is 1. The van der Waals surface area contributed by atoms with E-state index in [-0.39, 0.29) is 18.4 Å². The van der Waals surface area contributed by atoms with E-state index in [1.54, 1.807) is 18.2 Å². The summed E-state index contributed by atoms with van der Waals surface area (Å²) in [6.07, 6.45) is 2.32. The van der Waals surface area contributed by atoms with Crippen LogP contribution in [-0.2, 0) is 6.61 Å². The van der Waals surface area contributed by atoms with Crippen molar-refractivity contribution in [2.24, 2.45) is 0 Å². The Kier molecular flexibility index (Phi) is 4.24. The molecule has 6 heteroatoms. The van der Waals surface area contributed by atoms with Crippen molar-refractivity contribution in [2.45, 2.75) is 6.61 Å². The van der Waals surface area contributed by atoms with Gasteiger partial charge in [-0.15, -0.1) is 0 Å². The van der Waals surface area contributed by atoms with Crippen LogP contribution in [0.2, 0.25) is 0 Å². The maximum Gasteiger partial charge on any atom is 0.318 e. The van der Waals surface area contributed by atoms with Crippen LogP contribution in [0.1, 0.15) is 11.1 Å². The number of halogens is 1. The molecule has 0 spiro atoms. The second kappa shape index (κ2) is 6.29. The summed E-state index contributed by atoms with van der Waals surface area (Å²) in [5.41, 5.74) is 1.34. The molecule has 0 bridgehead atoms. The summed E-state index contributed by atoms with van der Waals surface area (Å²) in [6, 6.07) is 9.05. The van der Waals surface area contributed by atoms with Crippen LogP contribution < -0.4 is 10.1 Å². The molecule has 1 heterocycles. The number of nitrogens with one attached hydrogen (secondary N) is 1. The Labute approximate surface area is 115 Å². The molecule has 0 radical (unpaired) electrons. The van der Waals surface area contributed by atoms with E-state index < -0.39 is 5.82 Å². The van der Waals surface area contributed by atoms with Gasteiger partial charge in [-0.2, -0.15) is 10.2 Å². The van der Waals surface area contributed by atoms with Gasteiger partial charge in [0.2, 0.25) is 0 Å². The Morgan fingerprint density at radius 1 is 1.50 bits per heavy atom. The average Bonchev–Trinajstić information content (AvgIpc) is 2.48. The number of hydrogen-bond donors (Lipinski definition) is 1. The molecule has 2 aromatic rings. The summed E-state index contributed by atoms with van der Waals surface area (Å²) in [7, 11) is 0. The monoisotopic (exact) mass is 270 g/mol. The van der Waals surface area contributed by atoms with Gasteiger partial charge in [0.15, 0.2) is 11.6 Å². The molecule has 5 nitrogen and oxygen atoms in total. The number of nitrogens with zero attached hydrogens (tertiary/aromatic N) is 3.